The molecule has 1 aliphatic heterocycles. The number of nitrogens with zero attached hydrogens (tertiary/aromatic N) is 3. The first kappa shape index (κ1) is 22.2. The number of aryl methyl sites for hydroxylation is 2. The van der Waals surface area contributed by atoms with Crippen LogP contribution >= 0.6 is 0 Å². The second kappa shape index (κ2) is 9.72. The number of para-hydroxylation sites is 2. The zero-order valence-corrected chi connectivity index (χ0v) is 20.0. The van der Waals surface area contributed by atoms with Gasteiger partial charge in [0.2, 0.25) is 11.9 Å². The highest BCUT2D eigenvalue weighted by atomic mass is 16.1. The Morgan fingerprint density at radius 3 is 2.21 bits per heavy atom. The molecule has 1 N–H and O–H groups in total. The summed E-state index contributed by atoms with van der Waals surface area (Å²) < 4.78 is 2.33. The molecule has 0 bridgehead atoms. The molecule has 2 heterocycles. The molecule has 1 aliphatic rings. The van der Waals surface area contributed by atoms with Crippen LogP contribution in [0.15, 0.2) is 72.8 Å². The summed E-state index contributed by atoms with van der Waals surface area (Å²) in [4.78, 5) is 20.2. The van der Waals surface area contributed by atoms with Crippen molar-refractivity contribution >= 4 is 22.9 Å². The van der Waals surface area contributed by atoms with Gasteiger partial charge in [0.25, 0.3) is 0 Å². The van der Waals surface area contributed by atoms with Gasteiger partial charge in [0.1, 0.15) is 0 Å². The summed E-state index contributed by atoms with van der Waals surface area (Å²) in [7, 11) is 0. The zero-order valence-electron chi connectivity index (χ0n) is 20.0. The first-order valence-electron chi connectivity index (χ1n) is 12.2. The third kappa shape index (κ3) is 4.56. The SMILES string of the molecule is Cc1ccccc1CNC(=O)C1CCN(c2nc3ccccc3n2Cc2ccccc2C)CC1. The van der Waals surface area contributed by atoms with Gasteiger partial charge in [-0.25, -0.2) is 4.98 Å². The summed E-state index contributed by atoms with van der Waals surface area (Å²) in [6, 6.07) is 25.1. The van der Waals surface area contributed by atoms with E-state index in [1.54, 1.807) is 0 Å². The second-order valence-corrected chi connectivity index (χ2v) is 9.32. The molecule has 1 amide bonds. The Bertz CT molecular complexity index is 1300. The van der Waals surface area contributed by atoms with Crippen molar-refractivity contribution in [2.24, 2.45) is 5.92 Å². The summed E-state index contributed by atoms with van der Waals surface area (Å²) in [5.41, 5.74) is 7.15. The molecule has 0 unspecified atom stereocenters. The largest absolute Gasteiger partial charge is 0.352 e. The number of piperidine rings is 1. The maximum atomic E-state index is 12.9. The first-order valence-corrected chi connectivity index (χ1v) is 12.2. The third-order valence-corrected chi connectivity index (χ3v) is 7.09. The molecular weight excluding hydrogens is 420 g/mol. The number of hydrogen-bond donors (Lipinski definition) is 1. The number of nitrogens with one attached hydrogen (secondary N) is 1. The normalized spacial score (nSPS) is 14.5. The number of anilines is 1. The van der Waals surface area contributed by atoms with Crippen molar-refractivity contribution in [3.05, 3.63) is 95.1 Å². The predicted molar refractivity (Wildman–Crippen MR) is 138 cm³/mol. The minimum Gasteiger partial charge on any atom is -0.352 e. The number of aromatic nitrogens is 2. The van der Waals surface area contributed by atoms with Gasteiger partial charge in [-0.1, -0.05) is 60.7 Å². The van der Waals surface area contributed by atoms with Gasteiger partial charge < -0.3 is 14.8 Å². The Balaban J connectivity index is 1.29. The van der Waals surface area contributed by atoms with Crippen molar-refractivity contribution in [2.75, 3.05) is 18.0 Å². The molecule has 5 heteroatoms. The third-order valence-electron chi connectivity index (χ3n) is 7.09. The van der Waals surface area contributed by atoms with E-state index in [9.17, 15) is 4.79 Å². The van der Waals surface area contributed by atoms with Crippen LogP contribution in [0, 0.1) is 19.8 Å². The van der Waals surface area contributed by atoms with Gasteiger partial charge in [-0.2, -0.15) is 0 Å². The molecule has 0 radical (unpaired) electrons. The topological polar surface area (TPSA) is 50.2 Å². The molecule has 1 fully saturated rings. The maximum absolute atomic E-state index is 12.9. The number of amides is 1. The van der Waals surface area contributed by atoms with Gasteiger partial charge in [-0.3, -0.25) is 4.79 Å². The first-order chi connectivity index (χ1) is 16.6. The highest BCUT2D eigenvalue weighted by molar-refractivity contribution is 5.80. The standard InChI is InChI=1S/C29H32N4O/c1-21-9-3-5-11-24(21)19-30-28(34)23-15-17-32(18-16-23)29-31-26-13-7-8-14-27(26)33(29)20-25-12-6-4-10-22(25)2/h3-14,23H,15-20H2,1-2H3,(H,30,34). The van der Waals surface area contributed by atoms with Crippen molar-refractivity contribution < 1.29 is 4.79 Å². The van der Waals surface area contributed by atoms with Crippen LogP contribution in [0.4, 0.5) is 5.95 Å². The molecule has 1 saturated heterocycles. The summed E-state index contributed by atoms with van der Waals surface area (Å²) in [5.74, 6) is 1.22. The second-order valence-electron chi connectivity index (χ2n) is 9.32. The molecule has 3 aromatic carbocycles. The van der Waals surface area contributed by atoms with Gasteiger partial charge in [0.05, 0.1) is 17.6 Å². The van der Waals surface area contributed by atoms with Crippen molar-refractivity contribution in [2.45, 2.75) is 39.8 Å². The van der Waals surface area contributed by atoms with Crippen molar-refractivity contribution in [1.82, 2.24) is 14.9 Å². The Hall–Kier alpha value is -3.60. The molecule has 0 aliphatic carbocycles. The van der Waals surface area contributed by atoms with Crippen molar-refractivity contribution in [1.29, 1.82) is 0 Å². The molecule has 0 spiro atoms. The smallest absolute Gasteiger partial charge is 0.223 e. The van der Waals surface area contributed by atoms with E-state index >= 15 is 0 Å². The lowest BCUT2D eigenvalue weighted by Gasteiger charge is -2.32. The van der Waals surface area contributed by atoms with Crippen LogP contribution in [0.3, 0.4) is 0 Å². The van der Waals surface area contributed by atoms with Crippen LogP contribution in [0.1, 0.15) is 35.1 Å². The van der Waals surface area contributed by atoms with Crippen LogP contribution in [0.2, 0.25) is 0 Å². The lowest BCUT2D eigenvalue weighted by molar-refractivity contribution is -0.125. The minimum atomic E-state index is 0.0504. The number of imidazole rings is 1. The van der Waals surface area contributed by atoms with E-state index in [1.807, 2.05) is 18.2 Å². The molecule has 5 nitrogen and oxygen atoms in total. The Morgan fingerprint density at radius 2 is 1.50 bits per heavy atom. The molecule has 34 heavy (non-hydrogen) atoms. The Labute approximate surface area is 201 Å². The molecule has 0 saturated carbocycles. The van der Waals surface area contributed by atoms with E-state index in [0.29, 0.717) is 6.54 Å². The average molecular weight is 453 g/mol. The van der Waals surface area contributed by atoms with Crippen molar-refractivity contribution in [3.8, 4) is 0 Å². The minimum absolute atomic E-state index is 0.0504. The molecule has 5 rings (SSSR count). The van der Waals surface area contributed by atoms with Gasteiger partial charge in [0, 0.05) is 25.6 Å². The Kier molecular flexibility index (Phi) is 6.35. The molecule has 0 atom stereocenters. The van der Waals surface area contributed by atoms with E-state index in [4.69, 9.17) is 4.98 Å². The quantitative estimate of drug-likeness (QED) is 0.436. The van der Waals surface area contributed by atoms with Gasteiger partial charge in [0.15, 0.2) is 0 Å². The van der Waals surface area contributed by atoms with Crippen LogP contribution in [-0.2, 0) is 17.9 Å². The van der Waals surface area contributed by atoms with E-state index in [0.717, 1.165) is 49.5 Å². The lowest BCUT2D eigenvalue weighted by Crippen LogP contribution is -2.41. The number of carbonyl (C=O) groups is 1. The van der Waals surface area contributed by atoms with E-state index < -0.39 is 0 Å². The van der Waals surface area contributed by atoms with Gasteiger partial charge in [-0.05, 0) is 61.1 Å². The van der Waals surface area contributed by atoms with E-state index in [1.165, 1.54) is 22.3 Å². The zero-order chi connectivity index (χ0) is 23.5. The monoisotopic (exact) mass is 452 g/mol. The van der Waals surface area contributed by atoms with Crippen LogP contribution in [0.5, 0.6) is 0 Å². The van der Waals surface area contributed by atoms with Gasteiger partial charge >= 0.3 is 0 Å². The highest BCUT2D eigenvalue weighted by Crippen LogP contribution is 2.28. The molecule has 174 valence electrons. The van der Waals surface area contributed by atoms with E-state index in [-0.39, 0.29) is 11.8 Å². The van der Waals surface area contributed by atoms with E-state index in [2.05, 4.69) is 83.2 Å². The Morgan fingerprint density at radius 1 is 0.882 bits per heavy atom. The average Bonchev–Trinajstić information content (AvgIpc) is 3.23. The fourth-order valence-corrected chi connectivity index (χ4v) is 4.89. The number of benzene rings is 3. The number of carbonyl (C=O) groups excluding carboxylic acids is 1. The van der Waals surface area contributed by atoms with Gasteiger partial charge in [-0.15, -0.1) is 0 Å². The number of fused-ring (bicyclic) bond motifs is 1. The molecule has 4 aromatic rings. The van der Waals surface area contributed by atoms with Crippen LogP contribution in [-0.4, -0.2) is 28.5 Å². The lowest BCUT2D eigenvalue weighted by atomic mass is 9.96. The fraction of sp³-hybridized carbons (Fsp3) is 0.310. The molecule has 1 aromatic heterocycles. The highest BCUT2D eigenvalue weighted by Gasteiger charge is 2.27. The predicted octanol–water partition coefficient (Wildman–Crippen LogP) is 5.23. The van der Waals surface area contributed by atoms with Crippen LogP contribution in [0.25, 0.3) is 11.0 Å². The summed E-state index contributed by atoms with van der Waals surface area (Å²) >= 11 is 0. The summed E-state index contributed by atoms with van der Waals surface area (Å²) in [6.07, 6.45) is 1.68. The fourth-order valence-electron chi connectivity index (χ4n) is 4.89. The summed E-state index contributed by atoms with van der Waals surface area (Å²) in [5, 5.41) is 3.16. The van der Waals surface area contributed by atoms with Crippen molar-refractivity contribution in [3.63, 3.8) is 0 Å². The molecular formula is C29H32N4O. The summed E-state index contributed by atoms with van der Waals surface area (Å²) in [6.45, 7) is 7.30. The maximum Gasteiger partial charge on any atom is 0.223 e. The van der Waals surface area contributed by atoms with Crippen LogP contribution < -0.4 is 10.2 Å². The number of rotatable bonds is 6. The number of hydrogen-bond acceptors (Lipinski definition) is 3.